The van der Waals surface area contributed by atoms with Gasteiger partial charge in [-0.25, -0.2) is 13.2 Å². The number of anilines is 1. The molecule has 1 aliphatic rings. The molecule has 0 fully saturated rings. The van der Waals surface area contributed by atoms with E-state index in [1.807, 2.05) is 0 Å². The average Bonchev–Trinajstić information content (AvgIpc) is 2.95. The average molecular weight is 316 g/mol. The van der Waals surface area contributed by atoms with Gasteiger partial charge in [-0.15, -0.1) is 0 Å². The number of hydrogen-bond donors (Lipinski definition) is 1. The fourth-order valence-corrected chi connectivity index (χ4v) is 3.09. The van der Waals surface area contributed by atoms with Crippen molar-refractivity contribution in [3.05, 3.63) is 60.2 Å². The SMILES string of the molecule is O=C1CC(c2ccc(NS(=O)(=O)c3ccccc3)cc2)=NO1. The maximum Gasteiger partial charge on any atom is 0.341 e. The molecule has 22 heavy (non-hydrogen) atoms. The minimum absolute atomic E-state index is 0.120. The van der Waals surface area contributed by atoms with Crippen LogP contribution in [0.2, 0.25) is 0 Å². The molecule has 0 unspecified atom stereocenters. The Hall–Kier alpha value is -2.67. The van der Waals surface area contributed by atoms with E-state index in [9.17, 15) is 13.2 Å². The summed E-state index contributed by atoms with van der Waals surface area (Å²) >= 11 is 0. The Morgan fingerprint density at radius 2 is 1.68 bits per heavy atom. The molecular formula is C15H12N2O4S. The maximum atomic E-state index is 12.2. The highest BCUT2D eigenvalue weighted by molar-refractivity contribution is 7.92. The van der Waals surface area contributed by atoms with Gasteiger partial charge in [0.2, 0.25) is 0 Å². The standard InChI is InChI=1S/C15H12N2O4S/c18-15-10-14(16-21-15)11-6-8-12(9-7-11)17-22(19,20)13-4-2-1-3-5-13/h1-9,17H,10H2. The van der Waals surface area contributed by atoms with Crippen molar-refractivity contribution in [2.45, 2.75) is 11.3 Å². The molecule has 2 aromatic carbocycles. The van der Waals surface area contributed by atoms with Gasteiger partial charge in [0, 0.05) is 11.3 Å². The molecule has 7 heteroatoms. The minimum Gasteiger partial charge on any atom is -0.318 e. The first-order chi connectivity index (χ1) is 10.5. The topological polar surface area (TPSA) is 84.8 Å². The van der Waals surface area contributed by atoms with E-state index in [0.29, 0.717) is 17.0 Å². The van der Waals surface area contributed by atoms with Crippen LogP contribution >= 0.6 is 0 Å². The molecule has 112 valence electrons. The lowest BCUT2D eigenvalue weighted by Gasteiger charge is -2.08. The second-order valence-electron chi connectivity index (χ2n) is 4.67. The van der Waals surface area contributed by atoms with Crippen LogP contribution in [0.4, 0.5) is 5.69 Å². The van der Waals surface area contributed by atoms with Crippen molar-refractivity contribution in [1.29, 1.82) is 0 Å². The van der Waals surface area contributed by atoms with Crippen LogP contribution in [-0.4, -0.2) is 20.1 Å². The van der Waals surface area contributed by atoms with Gasteiger partial charge in [0.05, 0.1) is 17.0 Å². The molecule has 1 aliphatic heterocycles. The van der Waals surface area contributed by atoms with Crippen molar-refractivity contribution in [2.24, 2.45) is 5.16 Å². The van der Waals surface area contributed by atoms with Crippen molar-refractivity contribution >= 4 is 27.4 Å². The summed E-state index contributed by atoms with van der Waals surface area (Å²) in [7, 11) is -3.61. The lowest BCUT2D eigenvalue weighted by Crippen LogP contribution is -2.12. The minimum atomic E-state index is -3.61. The number of oxime groups is 1. The van der Waals surface area contributed by atoms with Gasteiger partial charge in [0.25, 0.3) is 10.0 Å². The normalized spacial score (nSPS) is 14.4. The third-order valence-corrected chi connectivity index (χ3v) is 4.49. The van der Waals surface area contributed by atoms with Gasteiger partial charge in [-0.2, -0.15) is 0 Å². The molecule has 0 amide bonds. The maximum absolute atomic E-state index is 12.2. The number of rotatable bonds is 4. The summed E-state index contributed by atoms with van der Waals surface area (Å²) < 4.78 is 26.9. The highest BCUT2D eigenvalue weighted by Gasteiger charge is 2.19. The van der Waals surface area contributed by atoms with Crippen molar-refractivity contribution in [1.82, 2.24) is 0 Å². The Morgan fingerprint density at radius 3 is 2.27 bits per heavy atom. The molecule has 0 aromatic heterocycles. The molecule has 0 atom stereocenters. The number of nitrogens with one attached hydrogen (secondary N) is 1. The van der Waals surface area contributed by atoms with Crippen molar-refractivity contribution in [2.75, 3.05) is 4.72 Å². The quantitative estimate of drug-likeness (QED) is 0.876. The molecule has 0 spiro atoms. The molecule has 2 aromatic rings. The van der Waals surface area contributed by atoms with Gasteiger partial charge in [-0.1, -0.05) is 35.5 Å². The summed E-state index contributed by atoms with van der Waals surface area (Å²) in [6.45, 7) is 0. The monoisotopic (exact) mass is 316 g/mol. The molecule has 0 saturated carbocycles. The first-order valence-corrected chi connectivity index (χ1v) is 7.98. The second kappa shape index (κ2) is 5.61. The number of nitrogens with zero attached hydrogens (tertiary/aromatic N) is 1. The highest BCUT2D eigenvalue weighted by Crippen LogP contribution is 2.18. The second-order valence-corrected chi connectivity index (χ2v) is 6.36. The van der Waals surface area contributed by atoms with E-state index in [1.165, 1.54) is 12.1 Å². The predicted octanol–water partition coefficient (Wildman–Crippen LogP) is 2.14. The van der Waals surface area contributed by atoms with Gasteiger partial charge in [-0.05, 0) is 24.3 Å². The zero-order valence-corrected chi connectivity index (χ0v) is 12.2. The summed E-state index contributed by atoms with van der Waals surface area (Å²) in [6.07, 6.45) is 0.120. The zero-order chi connectivity index (χ0) is 15.6. The Labute approximate surface area is 127 Å². The fourth-order valence-electron chi connectivity index (χ4n) is 2.01. The third kappa shape index (κ3) is 2.99. The van der Waals surface area contributed by atoms with Crippen LogP contribution in [0.5, 0.6) is 0 Å². The van der Waals surface area contributed by atoms with Crippen LogP contribution in [0.3, 0.4) is 0 Å². The van der Waals surface area contributed by atoms with Crippen molar-refractivity contribution < 1.29 is 18.0 Å². The smallest absolute Gasteiger partial charge is 0.318 e. The Kier molecular flexibility index (Phi) is 3.64. The van der Waals surface area contributed by atoms with E-state index in [2.05, 4.69) is 14.7 Å². The van der Waals surface area contributed by atoms with Gasteiger partial charge >= 0.3 is 5.97 Å². The third-order valence-electron chi connectivity index (χ3n) is 3.09. The molecule has 0 radical (unpaired) electrons. The first kappa shape index (κ1) is 14.3. The van der Waals surface area contributed by atoms with Crippen LogP contribution < -0.4 is 4.72 Å². The molecule has 0 saturated heterocycles. The van der Waals surface area contributed by atoms with E-state index in [-0.39, 0.29) is 11.3 Å². The zero-order valence-electron chi connectivity index (χ0n) is 11.4. The van der Waals surface area contributed by atoms with Crippen LogP contribution in [-0.2, 0) is 19.7 Å². The first-order valence-electron chi connectivity index (χ1n) is 6.50. The molecule has 6 nitrogen and oxygen atoms in total. The Morgan fingerprint density at radius 1 is 1.00 bits per heavy atom. The summed E-state index contributed by atoms with van der Waals surface area (Å²) in [6, 6.07) is 14.7. The molecule has 1 heterocycles. The van der Waals surface area contributed by atoms with Crippen LogP contribution in [0, 0.1) is 0 Å². The van der Waals surface area contributed by atoms with E-state index in [0.717, 1.165) is 0 Å². The predicted molar refractivity (Wildman–Crippen MR) is 80.9 cm³/mol. The van der Waals surface area contributed by atoms with Gasteiger partial charge in [0.15, 0.2) is 0 Å². The highest BCUT2D eigenvalue weighted by atomic mass is 32.2. The van der Waals surface area contributed by atoms with E-state index < -0.39 is 16.0 Å². The molecule has 3 rings (SSSR count). The van der Waals surface area contributed by atoms with E-state index in [4.69, 9.17) is 0 Å². The van der Waals surface area contributed by atoms with Crippen LogP contribution in [0.15, 0.2) is 64.6 Å². The number of carbonyl (C=O) groups is 1. The number of sulfonamides is 1. The Bertz CT molecular complexity index is 828. The lowest BCUT2D eigenvalue weighted by molar-refractivity contribution is -0.140. The number of carbonyl (C=O) groups excluding carboxylic acids is 1. The number of hydrogen-bond acceptors (Lipinski definition) is 5. The number of benzene rings is 2. The summed E-state index contributed by atoms with van der Waals surface area (Å²) in [5.74, 6) is -0.399. The van der Waals surface area contributed by atoms with Crippen molar-refractivity contribution in [3.8, 4) is 0 Å². The molecule has 1 N–H and O–H groups in total. The van der Waals surface area contributed by atoms with E-state index >= 15 is 0 Å². The van der Waals surface area contributed by atoms with Crippen molar-refractivity contribution in [3.63, 3.8) is 0 Å². The Balaban J connectivity index is 1.78. The summed E-state index contributed by atoms with van der Waals surface area (Å²) in [5, 5.41) is 3.67. The molecular weight excluding hydrogens is 304 g/mol. The van der Waals surface area contributed by atoms with Gasteiger partial charge in [-0.3, -0.25) is 4.72 Å². The van der Waals surface area contributed by atoms with E-state index in [1.54, 1.807) is 42.5 Å². The summed E-state index contributed by atoms with van der Waals surface area (Å²) in [5.41, 5.74) is 1.68. The lowest BCUT2D eigenvalue weighted by atomic mass is 10.1. The molecule has 0 aliphatic carbocycles. The largest absolute Gasteiger partial charge is 0.341 e. The summed E-state index contributed by atoms with van der Waals surface area (Å²) in [4.78, 5) is 15.7. The van der Waals surface area contributed by atoms with Crippen LogP contribution in [0.25, 0.3) is 0 Å². The van der Waals surface area contributed by atoms with Gasteiger partial charge < -0.3 is 4.84 Å². The van der Waals surface area contributed by atoms with Gasteiger partial charge in [0.1, 0.15) is 0 Å². The van der Waals surface area contributed by atoms with Crippen LogP contribution in [0.1, 0.15) is 12.0 Å². The molecule has 0 bridgehead atoms. The fraction of sp³-hybridized carbons (Fsp3) is 0.0667.